The van der Waals surface area contributed by atoms with Gasteiger partial charge in [-0.3, -0.25) is 0 Å². The van der Waals surface area contributed by atoms with E-state index in [9.17, 15) is 0 Å². The average molecular weight is 605 g/mol. The molecule has 46 heavy (non-hydrogen) atoms. The second-order valence-corrected chi connectivity index (χ2v) is 12.3. The molecule has 6 aromatic carbocycles. The fourth-order valence-corrected chi connectivity index (χ4v) is 7.57. The number of hydrogen-bond acceptors (Lipinski definition) is 4. The Morgan fingerprint density at radius 3 is 1.74 bits per heavy atom. The van der Waals surface area contributed by atoms with Gasteiger partial charge in [0.2, 0.25) is 0 Å². The van der Waals surface area contributed by atoms with Crippen LogP contribution in [0.2, 0.25) is 0 Å². The number of rotatable bonds is 4. The van der Waals surface area contributed by atoms with Gasteiger partial charge < -0.3 is 4.57 Å². The summed E-state index contributed by atoms with van der Waals surface area (Å²) in [4.78, 5) is 14.7. The topological polar surface area (TPSA) is 43.6 Å². The molecule has 0 amide bonds. The first-order chi connectivity index (χ1) is 22.8. The quantitative estimate of drug-likeness (QED) is 0.188. The Morgan fingerprint density at radius 2 is 1.09 bits per heavy atom. The van der Waals surface area contributed by atoms with Crippen LogP contribution in [0, 0.1) is 12.3 Å². The number of hydrogen-bond donors (Lipinski definition) is 0. The first-order valence-corrected chi connectivity index (χ1v) is 15.9. The van der Waals surface area contributed by atoms with Crippen LogP contribution < -0.4 is 0 Å². The maximum atomic E-state index is 6.11. The molecule has 0 atom stereocenters. The summed E-state index contributed by atoms with van der Waals surface area (Å²) in [6, 6.07) is 47.9. The molecule has 0 saturated heterocycles. The van der Waals surface area contributed by atoms with Crippen molar-refractivity contribution in [3.8, 4) is 52.2 Å². The second-order valence-electron chi connectivity index (χ2n) is 11.2. The Bertz CT molecular complexity index is 2570. The van der Waals surface area contributed by atoms with E-state index in [1.165, 1.54) is 25.6 Å². The molecule has 4 nitrogen and oxygen atoms in total. The highest BCUT2D eigenvalue weighted by Crippen LogP contribution is 2.44. The van der Waals surface area contributed by atoms with Crippen molar-refractivity contribution in [2.45, 2.75) is 0 Å². The van der Waals surface area contributed by atoms with Crippen molar-refractivity contribution in [3.05, 3.63) is 145 Å². The molecule has 0 aliphatic heterocycles. The van der Waals surface area contributed by atoms with E-state index in [1.807, 2.05) is 78.1 Å². The van der Waals surface area contributed by atoms with Gasteiger partial charge in [0.05, 0.1) is 11.0 Å². The van der Waals surface area contributed by atoms with Crippen molar-refractivity contribution in [3.63, 3.8) is 0 Å². The van der Waals surface area contributed by atoms with Gasteiger partial charge in [-0.25, -0.2) is 15.0 Å². The number of para-hydroxylation sites is 1. The van der Waals surface area contributed by atoms with Crippen molar-refractivity contribution >= 4 is 53.3 Å². The first-order valence-electron chi connectivity index (χ1n) is 15.1. The lowest BCUT2D eigenvalue weighted by atomic mass is 10.0. The Labute approximate surface area is 269 Å². The van der Waals surface area contributed by atoms with E-state index in [4.69, 9.17) is 21.4 Å². The monoisotopic (exact) mass is 604 g/mol. The van der Waals surface area contributed by atoms with Crippen LogP contribution in [-0.4, -0.2) is 19.5 Å². The summed E-state index contributed by atoms with van der Waals surface area (Å²) in [5, 5.41) is 4.93. The third-order valence-electron chi connectivity index (χ3n) is 8.53. The van der Waals surface area contributed by atoms with E-state index < -0.39 is 0 Å². The minimum Gasteiger partial charge on any atom is -0.308 e. The number of fused-ring (bicyclic) bond motifs is 7. The lowest BCUT2D eigenvalue weighted by Gasteiger charge is -2.11. The van der Waals surface area contributed by atoms with E-state index in [1.54, 1.807) is 0 Å². The van der Waals surface area contributed by atoms with Gasteiger partial charge in [-0.1, -0.05) is 96.9 Å². The molecule has 0 bridgehead atoms. The van der Waals surface area contributed by atoms with Crippen LogP contribution in [0.15, 0.2) is 140 Å². The van der Waals surface area contributed by atoms with Crippen LogP contribution in [-0.2, 0) is 0 Å². The van der Waals surface area contributed by atoms with Crippen LogP contribution in [0.4, 0.5) is 0 Å². The van der Waals surface area contributed by atoms with Crippen LogP contribution >= 0.6 is 11.3 Å². The maximum absolute atomic E-state index is 6.11. The predicted molar refractivity (Wildman–Crippen MR) is 191 cm³/mol. The van der Waals surface area contributed by atoms with Crippen LogP contribution in [0.5, 0.6) is 0 Å². The molecular weight excluding hydrogens is 581 g/mol. The van der Waals surface area contributed by atoms with Gasteiger partial charge in [-0.05, 0) is 48.5 Å². The van der Waals surface area contributed by atoms with Gasteiger partial charge in [-0.2, -0.15) is 0 Å². The summed E-state index contributed by atoms with van der Waals surface area (Å²) in [6.07, 6.45) is 6.11. The molecule has 0 aliphatic rings. The molecule has 0 saturated carbocycles. The van der Waals surface area contributed by atoms with Crippen molar-refractivity contribution in [2.75, 3.05) is 0 Å². The molecule has 0 aliphatic carbocycles. The summed E-state index contributed by atoms with van der Waals surface area (Å²) in [6.45, 7) is 0. The minimum atomic E-state index is 0.622. The predicted octanol–water partition coefficient (Wildman–Crippen LogP) is 10.3. The number of benzene rings is 6. The van der Waals surface area contributed by atoms with Gasteiger partial charge in [0, 0.05) is 58.9 Å². The lowest BCUT2D eigenvalue weighted by molar-refractivity contribution is 1.07. The molecule has 3 aromatic heterocycles. The summed E-state index contributed by atoms with van der Waals surface area (Å²) in [5.41, 5.74) is 6.84. The van der Waals surface area contributed by atoms with Gasteiger partial charge in [0.25, 0.3) is 0 Å². The normalized spacial score (nSPS) is 11.5. The molecule has 3 heterocycles. The van der Waals surface area contributed by atoms with Crippen LogP contribution in [0.1, 0.15) is 5.56 Å². The smallest absolute Gasteiger partial charge is 0.164 e. The summed E-state index contributed by atoms with van der Waals surface area (Å²) in [7, 11) is 0. The zero-order chi connectivity index (χ0) is 30.6. The van der Waals surface area contributed by atoms with E-state index in [0.717, 1.165) is 44.4 Å². The number of aromatic nitrogens is 4. The highest BCUT2D eigenvalue weighted by molar-refractivity contribution is 7.26. The molecule has 0 unspecified atom stereocenters. The molecule has 9 aromatic rings. The minimum absolute atomic E-state index is 0.622. The van der Waals surface area contributed by atoms with Crippen molar-refractivity contribution in [1.29, 1.82) is 0 Å². The molecule has 0 radical (unpaired) electrons. The highest BCUT2D eigenvalue weighted by Gasteiger charge is 2.20. The number of nitrogens with zero attached hydrogens (tertiary/aromatic N) is 4. The van der Waals surface area contributed by atoms with Gasteiger partial charge in [-0.15, -0.1) is 17.8 Å². The summed E-state index contributed by atoms with van der Waals surface area (Å²) < 4.78 is 4.85. The second kappa shape index (κ2) is 10.5. The van der Waals surface area contributed by atoms with E-state index >= 15 is 0 Å². The third-order valence-corrected chi connectivity index (χ3v) is 9.67. The Hall–Kier alpha value is -6.09. The zero-order valence-corrected chi connectivity index (χ0v) is 25.4. The standard InChI is InChI=1S/C41H24N4S/c1-2-26-16-11-18-32-36-33(24-25-35-37(36)31-17-9-10-19-34(31)46-35)45(38(26)32)30-22-20-29(21-23-30)41-43-39(27-12-5-3-6-13-27)42-40(44-41)28-14-7-4-8-15-28/h1,3-25H. The first kappa shape index (κ1) is 26.3. The molecule has 0 N–H and O–H groups in total. The number of terminal acetylenes is 1. The molecule has 9 rings (SSSR count). The average Bonchev–Trinajstić information content (AvgIpc) is 3.68. The van der Waals surface area contributed by atoms with Crippen LogP contribution in [0.3, 0.4) is 0 Å². The Morgan fingerprint density at radius 1 is 0.500 bits per heavy atom. The van der Waals surface area contributed by atoms with Crippen LogP contribution in [0.25, 0.3) is 81.8 Å². The fourth-order valence-electron chi connectivity index (χ4n) is 6.45. The molecule has 5 heteroatoms. The third kappa shape index (κ3) is 4.12. The molecular formula is C41H24N4S. The van der Waals surface area contributed by atoms with Gasteiger partial charge in [0.1, 0.15) is 0 Å². The number of thiophene rings is 1. The zero-order valence-electron chi connectivity index (χ0n) is 24.6. The largest absolute Gasteiger partial charge is 0.308 e. The lowest BCUT2D eigenvalue weighted by Crippen LogP contribution is -2.00. The highest BCUT2D eigenvalue weighted by atomic mass is 32.1. The van der Waals surface area contributed by atoms with Crippen molar-refractivity contribution < 1.29 is 0 Å². The SMILES string of the molecule is C#Cc1cccc2c3c4c(ccc3n(-c3ccc(-c5nc(-c6ccccc6)nc(-c6ccccc6)n5)cc3)c12)sc1ccccc14. The Balaban J connectivity index is 1.25. The molecule has 0 spiro atoms. The summed E-state index contributed by atoms with van der Waals surface area (Å²) >= 11 is 1.83. The van der Waals surface area contributed by atoms with Crippen molar-refractivity contribution in [1.82, 2.24) is 19.5 Å². The van der Waals surface area contributed by atoms with Gasteiger partial charge >= 0.3 is 0 Å². The Kier molecular flexibility index (Phi) is 6.02. The van der Waals surface area contributed by atoms with E-state index in [-0.39, 0.29) is 0 Å². The van der Waals surface area contributed by atoms with Gasteiger partial charge in [0.15, 0.2) is 17.5 Å². The fraction of sp³-hybridized carbons (Fsp3) is 0. The molecule has 0 fully saturated rings. The van der Waals surface area contributed by atoms with E-state index in [0.29, 0.717) is 17.5 Å². The molecule has 214 valence electrons. The summed E-state index contributed by atoms with van der Waals surface area (Å²) in [5.74, 6) is 4.86. The van der Waals surface area contributed by atoms with Crippen molar-refractivity contribution in [2.24, 2.45) is 0 Å². The van der Waals surface area contributed by atoms with E-state index in [2.05, 4.69) is 83.3 Å². The maximum Gasteiger partial charge on any atom is 0.164 e.